The lowest BCUT2D eigenvalue weighted by atomic mass is 10.1. The lowest BCUT2D eigenvalue weighted by Crippen LogP contribution is -2.06. The molecule has 0 saturated heterocycles. The van der Waals surface area contributed by atoms with Crippen LogP contribution in [0.15, 0.2) is 18.2 Å². The minimum absolute atomic E-state index is 0.234. The number of terminal acetylenes is 1. The zero-order valence-electron chi connectivity index (χ0n) is 8.82. The minimum Gasteiger partial charge on any atom is -0.493 e. The molecular formula is C12H15NO2. The number of rotatable bonds is 5. The van der Waals surface area contributed by atoms with Crippen LogP contribution in [0, 0.1) is 12.3 Å². The lowest BCUT2D eigenvalue weighted by Gasteiger charge is -2.12. The zero-order chi connectivity index (χ0) is 11.1. The number of methoxy groups -OCH3 is 1. The van der Waals surface area contributed by atoms with Crippen molar-refractivity contribution in [3.8, 4) is 23.8 Å². The van der Waals surface area contributed by atoms with Crippen molar-refractivity contribution in [3.63, 3.8) is 0 Å². The molecule has 0 amide bonds. The van der Waals surface area contributed by atoms with Gasteiger partial charge < -0.3 is 15.2 Å². The Morgan fingerprint density at radius 3 is 2.87 bits per heavy atom. The van der Waals surface area contributed by atoms with Crippen LogP contribution in [-0.2, 0) is 6.42 Å². The van der Waals surface area contributed by atoms with Gasteiger partial charge in [0, 0.05) is 0 Å². The van der Waals surface area contributed by atoms with Gasteiger partial charge >= 0.3 is 0 Å². The van der Waals surface area contributed by atoms with E-state index in [0.29, 0.717) is 18.0 Å². The van der Waals surface area contributed by atoms with Gasteiger partial charge in [-0.3, -0.25) is 0 Å². The van der Waals surface area contributed by atoms with Gasteiger partial charge in [0.1, 0.15) is 6.61 Å². The molecule has 0 radical (unpaired) electrons. The van der Waals surface area contributed by atoms with Crippen LogP contribution in [0.2, 0.25) is 0 Å². The van der Waals surface area contributed by atoms with Crippen LogP contribution < -0.4 is 15.2 Å². The molecule has 0 fully saturated rings. The molecule has 0 aliphatic heterocycles. The summed E-state index contributed by atoms with van der Waals surface area (Å²) in [6.45, 7) is 0.803. The van der Waals surface area contributed by atoms with E-state index in [2.05, 4.69) is 5.92 Å². The van der Waals surface area contributed by atoms with E-state index in [4.69, 9.17) is 21.6 Å². The second-order valence-electron chi connectivity index (χ2n) is 2.98. The van der Waals surface area contributed by atoms with Crippen LogP contribution in [0.25, 0.3) is 0 Å². The van der Waals surface area contributed by atoms with Gasteiger partial charge in [-0.05, 0) is 24.6 Å². The second kappa shape index (κ2) is 5.94. The summed E-state index contributed by atoms with van der Waals surface area (Å²) in [7, 11) is 1.60. The third-order valence-corrected chi connectivity index (χ3v) is 1.99. The van der Waals surface area contributed by atoms with Gasteiger partial charge in [-0.25, -0.2) is 0 Å². The average molecular weight is 205 g/mol. The first-order valence-corrected chi connectivity index (χ1v) is 4.75. The molecule has 0 aromatic heterocycles. The van der Waals surface area contributed by atoms with Crippen molar-refractivity contribution >= 4 is 0 Å². The first kappa shape index (κ1) is 11.4. The molecule has 0 spiro atoms. The minimum atomic E-state index is 0.234. The van der Waals surface area contributed by atoms with Gasteiger partial charge in [-0.15, -0.1) is 6.42 Å². The van der Waals surface area contributed by atoms with Crippen molar-refractivity contribution in [1.29, 1.82) is 0 Å². The summed E-state index contributed by atoms with van der Waals surface area (Å²) in [5.41, 5.74) is 6.53. The molecule has 1 rings (SSSR count). The standard InChI is InChI=1S/C12H15NO2/c1-3-9-15-12-10(7-8-13)5-4-6-11(12)14-2/h1,4-6H,7-9,13H2,2H3. The lowest BCUT2D eigenvalue weighted by molar-refractivity contribution is 0.327. The molecule has 2 N–H and O–H groups in total. The first-order valence-electron chi connectivity index (χ1n) is 4.75. The molecule has 3 nitrogen and oxygen atoms in total. The van der Waals surface area contributed by atoms with Gasteiger partial charge in [-0.2, -0.15) is 0 Å². The topological polar surface area (TPSA) is 44.5 Å². The van der Waals surface area contributed by atoms with Crippen molar-refractivity contribution in [2.75, 3.05) is 20.3 Å². The number of hydrogen-bond donors (Lipinski definition) is 1. The fourth-order valence-electron chi connectivity index (χ4n) is 1.35. The van der Waals surface area contributed by atoms with Crippen LogP contribution in [0.4, 0.5) is 0 Å². The molecular weight excluding hydrogens is 190 g/mol. The summed E-state index contributed by atoms with van der Waals surface area (Å²) < 4.78 is 10.6. The fraction of sp³-hybridized carbons (Fsp3) is 0.333. The first-order chi connectivity index (χ1) is 7.33. The molecule has 0 heterocycles. The average Bonchev–Trinajstić information content (AvgIpc) is 2.27. The Morgan fingerprint density at radius 2 is 2.27 bits per heavy atom. The Kier molecular flexibility index (Phi) is 4.52. The Balaban J connectivity index is 2.98. The predicted molar refractivity (Wildman–Crippen MR) is 60.1 cm³/mol. The summed E-state index contributed by atoms with van der Waals surface area (Å²) in [5.74, 6) is 3.82. The largest absolute Gasteiger partial charge is 0.493 e. The highest BCUT2D eigenvalue weighted by molar-refractivity contribution is 5.46. The molecule has 3 heteroatoms. The number of hydrogen-bond acceptors (Lipinski definition) is 3. The van der Waals surface area contributed by atoms with Crippen LogP contribution in [0.3, 0.4) is 0 Å². The van der Waals surface area contributed by atoms with E-state index in [1.54, 1.807) is 7.11 Å². The van der Waals surface area contributed by atoms with E-state index in [9.17, 15) is 0 Å². The third kappa shape index (κ3) is 2.90. The van der Waals surface area contributed by atoms with Crippen LogP contribution in [0.1, 0.15) is 5.56 Å². The Labute approximate surface area is 90.2 Å². The van der Waals surface area contributed by atoms with Crippen molar-refractivity contribution < 1.29 is 9.47 Å². The number of ether oxygens (including phenoxy) is 2. The number of para-hydroxylation sites is 1. The van der Waals surface area contributed by atoms with Crippen molar-refractivity contribution in [2.45, 2.75) is 6.42 Å². The maximum absolute atomic E-state index is 5.51. The fourth-order valence-corrected chi connectivity index (χ4v) is 1.35. The highest BCUT2D eigenvalue weighted by atomic mass is 16.5. The summed E-state index contributed by atoms with van der Waals surface area (Å²) in [6, 6.07) is 5.71. The molecule has 0 atom stereocenters. The molecule has 0 aliphatic rings. The zero-order valence-corrected chi connectivity index (χ0v) is 8.82. The Bertz CT molecular complexity index is 355. The van der Waals surface area contributed by atoms with E-state index in [1.807, 2.05) is 18.2 Å². The molecule has 0 unspecified atom stereocenters. The van der Waals surface area contributed by atoms with Gasteiger partial charge in [0.15, 0.2) is 11.5 Å². The molecule has 0 bridgehead atoms. The number of benzene rings is 1. The molecule has 80 valence electrons. The predicted octanol–water partition coefficient (Wildman–Crippen LogP) is 1.21. The molecule has 0 saturated carbocycles. The van der Waals surface area contributed by atoms with E-state index in [0.717, 1.165) is 12.0 Å². The highest BCUT2D eigenvalue weighted by Gasteiger charge is 2.09. The maximum Gasteiger partial charge on any atom is 0.165 e. The van der Waals surface area contributed by atoms with Crippen LogP contribution in [0.5, 0.6) is 11.5 Å². The van der Waals surface area contributed by atoms with E-state index >= 15 is 0 Å². The van der Waals surface area contributed by atoms with Crippen molar-refractivity contribution in [2.24, 2.45) is 5.73 Å². The van der Waals surface area contributed by atoms with E-state index < -0.39 is 0 Å². The maximum atomic E-state index is 5.51. The summed E-state index contributed by atoms with van der Waals surface area (Å²) in [6.07, 6.45) is 5.90. The van der Waals surface area contributed by atoms with Crippen LogP contribution >= 0.6 is 0 Å². The molecule has 0 aliphatic carbocycles. The third-order valence-electron chi connectivity index (χ3n) is 1.99. The normalized spacial score (nSPS) is 9.40. The van der Waals surface area contributed by atoms with Crippen molar-refractivity contribution in [1.82, 2.24) is 0 Å². The second-order valence-corrected chi connectivity index (χ2v) is 2.98. The quantitative estimate of drug-likeness (QED) is 0.735. The summed E-state index contributed by atoms with van der Waals surface area (Å²) in [5, 5.41) is 0. The smallest absolute Gasteiger partial charge is 0.165 e. The highest BCUT2D eigenvalue weighted by Crippen LogP contribution is 2.31. The van der Waals surface area contributed by atoms with Crippen molar-refractivity contribution in [3.05, 3.63) is 23.8 Å². The van der Waals surface area contributed by atoms with Gasteiger partial charge in [0.2, 0.25) is 0 Å². The monoisotopic (exact) mass is 205 g/mol. The SMILES string of the molecule is C#CCOc1c(CCN)cccc1OC. The van der Waals surface area contributed by atoms with Crippen LogP contribution in [-0.4, -0.2) is 20.3 Å². The van der Waals surface area contributed by atoms with E-state index in [-0.39, 0.29) is 6.61 Å². The van der Waals surface area contributed by atoms with Gasteiger partial charge in [0.25, 0.3) is 0 Å². The van der Waals surface area contributed by atoms with E-state index in [1.165, 1.54) is 0 Å². The Morgan fingerprint density at radius 1 is 1.47 bits per heavy atom. The molecule has 15 heavy (non-hydrogen) atoms. The summed E-state index contributed by atoms with van der Waals surface area (Å²) >= 11 is 0. The number of nitrogens with two attached hydrogens (primary N) is 1. The molecule has 1 aromatic rings. The molecule has 1 aromatic carbocycles. The van der Waals surface area contributed by atoms with Gasteiger partial charge in [0.05, 0.1) is 7.11 Å². The Hall–Kier alpha value is -1.66. The van der Waals surface area contributed by atoms with Gasteiger partial charge in [-0.1, -0.05) is 18.1 Å². The summed E-state index contributed by atoms with van der Waals surface area (Å²) in [4.78, 5) is 0.